The van der Waals surface area contributed by atoms with E-state index in [1.165, 1.54) is 40.4 Å². The summed E-state index contributed by atoms with van der Waals surface area (Å²) in [6, 6.07) is 9.18. The Morgan fingerprint density at radius 2 is 2.00 bits per heavy atom. The van der Waals surface area contributed by atoms with Crippen molar-refractivity contribution in [2.24, 2.45) is 0 Å². The molecule has 6 nitrogen and oxygen atoms in total. The van der Waals surface area contributed by atoms with Gasteiger partial charge in [-0.15, -0.1) is 11.3 Å². The van der Waals surface area contributed by atoms with Crippen LogP contribution in [0.1, 0.15) is 28.1 Å². The van der Waals surface area contributed by atoms with Gasteiger partial charge in [-0.05, 0) is 43.7 Å². The first-order chi connectivity index (χ1) is 14.0. The number of rotatable bonds is 5. The Bertz CT molecular complexity index is 1250. The fourth-order valence-electron chi connectivity index (χ4n) is 3.16. The van der Waals surface area contributed by atoms with Gasteiger partial charge >= 0.3 is 5.97 Å². The number of hydrogen-bond donors (Lipinski definition) is 0. The lowest BCUT2D eigenvalue weighted by Gasteiger charge is -2.05. The normalized spacial score (nSPS) is 11.1. The molecule has 4 rings (SSSR count). The van der Waals surface area contributed by atoms with Crippen molar-refractivity contribution in [3.8, 4) is 11.1 Å². The van der Waals surface area contributed by atoms with E-state index in [0.29, 0.717) is 16.0 Å². The molecule has 0 aliphatic heterocycles. The first-order valence-electron chi connectivity index (χ1n) is 8.98. The molecule has 0 spiro atoms. The van der Waals surface area contributed by atoms with Crippen LogP contribution < -0.4 is 5.56 Å². The second kappa shape index (κ2) is 7.63. The van der Waals surface area contributed by atoms with E-state index in [9.17, 15) is 14.0 Å². The van der Waals surface area contributed by atoms with Crippen LogP contribution >= 0.6 is 11.3 Å². The van der Waals surface area contributed by atoms with Crippen molar-refractivity contribution >= 4 is 27.5 Å². The molecule has 0 aliphatic carbocycles. The summed E-state index contributed by atoms with van der Waals surface area (Å²) in [7, 11) is 0. The highest BCUT2D eigenvalue weighted by Gasteiger charge is 2.18. The topological polar surface area (TPSA) is 74.3 Å². The molecule has 0 N–H and O–H groups in total. The molecule has 4 aromatic rings. The number of nitrogens with zero attached hydrogens (tertiary/aromatic N) is 2. The Kier molecular flexibility index (Phi) is 5.02. The molecule has 29 heavy (non-hydrogen) atoms. The molecule has 0 fully saturated rings. The third-order valence-corrected chi connectivity index (χ3v) is 5.47. The van der Waals surface area contributed by atoms with Crippen LogP contribution in [0.3, 0.4) is 0 Å². The van der Waals surface area contributed by atoms with Crippen molar-refractivity contribution in [2.75, 3.05) is 6.61 Å². The van der Waals surface area contributed by atoms with Gasteiger partial charge in [0.2, 0.25) is 5.76 Å². The highest BCUT2D eigenvalue weighted by Crippen LogP contribution is 2.35. The van der Waals surface area contributed by atoms with Crippen molar-refractivity contribution in [1.82, 2.24) is 9.55 Å². The van der Waals surface area contributed by atoms with Crippen LogP contribution in [0, 0.1) is 12.7 Å². The number of thiophene rings is 1. The second-order valence-corrected chi connectivity index (χ2v) is 7.59. The molecule has 148 valence electrons. The van der Waals surface area contributed by atoms with Gasteiger partial charge in [0.15, 0.2) is 0 Å². The van der Waals surface area contributed by atoms with E-state index in [2.05, 4.69) is 4.98 Å². The van der Waals surface area contributed by atoms with Gasteiger partial charge in [-0.3, -0.25) is 9.36 Å². The Morgan fingerprint density at radius 1 is 1.24 bits per heavy atom. The summed E-state index contributed by atoms with van der Waals surface area (Å²) in [5.41, 5.74) is 1.28. The number of esters is 1. The molecule has 0 atom stereocenters. The number of aromatic nitrogens is 2. The fraction of sp³-hybridized carbons (Fsp3) is 0.190. The summed E-state index contributed by atoms with van der Waals surface area (Å²) in [5.74, 6) is -0.364. The van der Waals surface area contributed by atoms with Gasteiger partial charge in [-0.1, -0.05) is 12.1 Å². The van der Waals surface area contributed by atoms with E-state index < -0.39 is 5.97 Å². The monoisotopic (exact) mass is 412 g/mol. The largest absolute Gasteiger partial charge is 0.460 e. The lowest BCUT2D eigenvalue weighted by Crippen LogP contribution is -2.20. The Morgan fingerprint density at radius 3 is 2.72 bits per heavy atom. The zero-order valence-electron chi connectivity index (χ0n) is 15.8. The molecule has 0 amide bonds. The predicted molar refractivity (Wildman–Crippen MR) is 108 cm³/mol. The molecule has 0 saturated heterocycles. The number of halogens is 1. The Balaban J connectivity index is 1.75. The van der Waals surface area contributed by atoms with E-state index in [-0.39, 0.29) is 30.3 Å². The van der Waals surface area contributed by atoms with Crippen LogP contribution in [-0.4, -0.2) is 22.1 Å². The van der Waals surface area contributed by atoms with Gasteiger partial charge in [0.05, 0.1) is 24.9 Å². The van der Waals surface area contributed by atoms with E-state index in [0.717, 1.165) is 16.0 Å². The minimum absolute atomic E-state index is 0.0855. The van der Waals surface area contributed by atoms with Gasteiger partial charge in [0.25, 0.3) is 5.56 Å². The van der Waals surface area contributed by atoms with Crippen molar-refractivity contribution in [3.63, 3.8) is 0 Å². The van der Waals surface area contributed by atoms with Crippen molar-refractivity contribution in [3.05, 3.63) is 75.3 Å². The summed E-state index contributed by atoms with van der Waals surface area (Å²) in [6.45, 7) is 3.99. The fourth-order valence-corrected chi connectivity index (χ4v) is 4.16. The van der Waals surface area contributed by atoms with Crippen LogP contribution in [0.15, 0.2) is 51.9 Å². The molecule has 3 aromatic heterocycles. The van der Waals surface area contributed by atoms with Gasteiger partial charge in [0, 0.05) is 10.4 Å². The van der Waals surface area contributed by atoms with Crippen molar-refractivity contribution in [2.45, 2.75) is 20.4 Å². The molecule has 0 aliphatic rings. The maximum Gasteiger partial charge on any atom is 0.374 e. The molecule has 0 radical (unpaired) electrons. The van der Waals surface area contributed by atoms with Crippen molar-refractivity contribution in [1.29, 1.82) is 0 Å². The van der Waals surface area contributed by atoms with Crippen LogP contribution in [0.5, 0.6) is 0 Å². The number of hydrogen-bond acceptors (Lipinski definition) is 6. The lowest BCUT2D eigenvalue weighted by atomic mass is 10.0. The number of fused-ring (bicyclic) bond motifs is 1. The van der Waals surface area contributed by atoms with Gasteiger partial charge in [-0.2, -0.15) is 0 Å². The summed E-state index contributed by atoms with van der Waals surface area (Å²) in [5, 5.41) is 0.485. The second-order valence-electron chi connectivity index (χ2n) is 6.38. The third-order valence-electron chi connectivity index (χ3n) is 4.45. The third kappa shape index (κ3) is 3.58. The Hall–Kier alpha value is -3.26. The molecule has 0 bridgehead atoms. The average Bonchev–Trinajstić information content (AvgIpc) is 3.29. The number of ether oxygens (including phenoxy) is 1. The number of furan rings is 1. The maximum absolute atomic E-state index is 13.3. The summed E-state index contributed by atoms with van der Waals surface area (Å²) < 4.78 is 25.2. The van der Waals surface area contributed by atoms with Crippen LogP contribution in [0.2, 0.25) is 0 Å². The van der Waals surface area contributed by atoms with Crippen LogP contribution in [0.25, 0.3) is 21.3 Å². The molecule has 1 aromatic carbocycles. The van der Waals surface area contributed by atoms with Crippen LogP contribution in [0.4, 0.5) is 4.39 Å². The van der Waals surface area contributed by atoms with E-state index >= 15 is 0 Å². The average molecular weight is 412 g/mol. The highest BCUT2D eigenvalue weighted by atomic mass is 32.1. The number of aryl methyl sites for hydroxylation is 1. The summed E-state index contributed by atoms with van der Waals surface area (Å²) in [6.07, 6.45) is 1.46. The highest BCUT2D eigenvalue weighted by molar-refractivity contribution is 7.19. The van der Waals surface area contributed by atoms with E-state index in [4.69, 9.17) is 9.15 Å². The standard InChI is InChI=1S/C21H17FN2O4S/c1-3-27-21(26)16-9-8-15(28-16)10-24-11-23-19-18(20(24)25)17(12(2)29-19)13-4-6-14(22)7-5-13/h4-9,11H,3,10H2,1-2H3. The number of carbonyl (C=O) groups is 1. The van der Waals surface area contributed by atoms with E-state index in [1.807, 2.05) is 6.92 Å². The zero-order chi connectivity index (χ0) is 20.5. The van der Waals surface area contributed by atoms with Gasteiger partial charge in [0.1, 0.15) is 16.4 Å². The maximum atomic E-state index is 13.3. The van der Waals surface area contributed by atoms with E-state index in [1.54, 1.807) is 25.1 Å². The number of benzene rings is 1. The molecule has 8 heteroatoms. The molecule has 3 heterocycles. The molecular formula is C21H17FN2O4S. The Labute approximate surface area is 169 Å². The zero-order valence-corrected chi connectivity index (χ0v) is 16.6. The number of carbonyl (C=O) groups excluding carboxylic acids is 1. The van der Waals surface area contributed by atoms with Crippen molar-refractivity contribution < 1.29 is 18.3 Å². The first kappa shape index (κ1) is 19.1. The molecule has 0 unspecified atom stereocenters. The molecule has 0 saturated carbocycles. The SMILES string of the molecule is CCOC(=O)c1ccc(Cn2cnc3sc(C)c(-c4ccc(F)cc4)c3c2=O)o1. The van der Waals surface area contributed by atoms with Gasteiger partial charge < -0.3 is 9.15 Å². The summed E-state index contributed by atoms with van der Waals surface area (Å²) >= 11 is 1.42. The minimum atomic E-state index is -0.549. The minimum Gasteiger partial charge on any atom is -0.460 e. The quantitative estimate of drug-likeness (QED) is 0.455. The lowest BCUT2D eigenvalue weighted by molar-refractivity contribution is 0.0488. The summed E-state index contributed by atoms with van der Waals surface area (Å²) in [4.78, 5) is 30.9. The van der Waals surface area contributed by atoms with Gasteiger partial charge in [-0.25, -0.2) is 14.2 Å². The van der Waals surface area contributed by atoms with Crippen LogP contribution in [-0.2, 0) is 11.3 Å². The molecular weight excluding hydrogens is 395 g/mol. The predicted octanol–water partition coefficient (Wildman–Crippen LogP) is 4.39. The smallest absolute Gasteiger partial charge is 0.374 e. The first-order valence-corrected chi connectivity index (χ1v) is 9.80.